The van der Waals surface area contributed by atoms with Crippen molar-refractivity contribution in [3.05, 3.63) is 47.6 Å². The van der Waals surface area contributed by atoms with E-state index in [0.29, 0.717) is 13.1 Å². The highest BCUT2D eigenvalue weighted by Gasteiger charge is 2.23. The molecule has 1 aliphatic heterocycles. The van der Waals surface area contributed by atoms with Crippen LogP contribution in [0.4, 0.5) is 4.79 Å². The van der Waals surface area contributed by atoms with Gasteiger partial charge in [0.2, 0.25) is 0 Å². The van der Waals surface area contributed by atoms with Gasteiger partial charge in [-0.05, 0) is 25.5 Å². The number of urea groups is 1. The maximum absolute atomic E-state index is 12.4. The van der Waals surface area contributed by atoms with E-state index in [1.54, 1.807) is 12.4 Å². The first-order valence-corrected chi connectivity index (χ1v) is 8.22. The quantitative estimate of drug-likeness (QED) is 0.928. The molecule has 1 aliphatic rings. The number of pyridine rings is 1. The summed E-state index contributed by atoms with van der Waals surface area (Å²) in [6.07, 6.45) is 3.51. The molecule has 0 aromatic carbocycles. The average Bonchev–Trinajstić information content (AvgIpc) is 3.01. The van der Waals surface area contributed by atoms with E-state index in [9.17, 15) is 4.79 Å². The Morgan fingerprint density at radius 2 is 2.17 bits per heavy atom. The van der Waals surface area contributed by atoms with Crippen LogP contribution in [0.1, 0.15) is 30.0 Å². The summed E-state index contributed by atoms with van der Waals surface area (Å²) in [6, 6.07) is 5.72. The number of nitrogens with zero attached hydrogens (tertiary/aromatic N) is 4. The van der Waals surface area contributed by atoms with Gasteiger partial charge in [0.25, 0.3) is 0 Å². The van der Waals surface area contributed by atoms with Crippen molar-refractivity contribution in [3.8, 4) is 0 Å². The van der Waals surface area contributed by atoms with Crippen LogP contribution in [0.2, 0.25) is 0 Å². The van der Waals surface area contributed by atoms with Crippen molar-refractivity contribution in [2.45, 2.75) is 26.4 Å². The molecular formula is C17H23N5O2. The summed E-state index contributed by atoms with van der Waals surface area (Å²) in [7, 11) is 0. The molecule has 128 valence electrons. The molecule has 0 aliphatic carbocycles. The van der Waals surface area contributed by atoms with Crippen molar-refractivity contribution in [1.29, 1.82) is 0 Å². The number of aromatic nitrogens is 2. The Labute approximate surface area is 141 Å². The van der Waals surface area contributed by atoms with Crippen LogP contribution in [0, 0.1) is 6.92 Å². The molecule has 2 aromatic rings. The van der Waals surface area contributed by atoms with Gasteiger partial charge in [0.05, 0.1) is 11.7 Å². The summed E-state index contributed by atoms with van der Waals surface area (Å²) in [5.74, 6) is 0.826. The van der Waals surface area contributed by atoms with E-state index >= 15 is 0 Å². The molecule has 7 heteroatoms. The van der Waals surface area contributed by atoms with Crippen molar-refractivity contribution in [1.82, 2.24) is 25.3 Å². The summed E-state index contributed by atoms with van der Waals surface area (Å²) in [6.45, 7) is 7.71. The van der Waals surface area contributed by atoms with Gasteiger partial charge in [-0.15, -0.1) is 0 Å². The van der Waals surface area contributed by atoms with Gasteiger partial charge < -0.3 is 14.7 Å². The van der Waals surface area contributed by atoms with Gasteiger partial charge in [0.1, 0.15) is 5.76 Å². The highest BCUT2D eigenvalue weighted by Crippen LogP contribution is 2.12. The lowest BCUT2D eigenvalue weighted by molar-refractivity contribution is 0.132. The average molecular weight is 329 g/mol. The maximum atomic E-state index is 12.4. The summed E-state index contributed by atoms with van der Waals surface area (Å²) in [4.78, 5) is 20.6. The number of carbonyl (C=O) groups excluding carboxylic acids is 1. The van der Waals surface area contributed by atoms with Crippen molar-refractivity contribution < 1.29 is 9.32 Å². The second-order valence-electron chi connectivity index (χ2n) is 6.15. The number of carbonyl (C=O) groups is 1. The molecule has 0 bridgehead atoms. The second-order valence-corrected chi connectivity index (χ2v) is 6.15. The molecule has 7 nitrogen and oxygen atoms in total. The van der Waals surface area contributed by atoms with Crippen molar-refractivity contribution >= 4 is 6.03 Å². The Morgan fingerprint density at radius 3 is 2.79 bits per heavy atom. The summed E-state index contributed by atoms with van der Waals surface area (Å²) in [5.41, 5.74) is 1.95. The largest absolute Gasteiger partial charge is 0.361 e. The monoisotopic (exact) mass is 329 g/mol. The van der Waals surface area contributed by atoms with E-state index in [1.807, 2.05) is 36.9 Å². The number of rotatable bonds is 4. The third-order valence-corrected chi connectivity index (χ3v) is 4.25. The van der Waals surface area contributed by atoms with Gasteiger partial charge in [-0.3, -0.25) is 9.88 Å². The molecule has 1 fully saturated rings. The minimum Gasteiger partial charge on any atom is -0.361 e. The third kappa shape index (κ3) is 4.11. The van der Waals surface area contributed by atoms with Crippen LogP contribution in [0.5, 0.6) is 0 Å². The number of nitrogens with one attached hydrogen (secondary N) is 1. The van der Waals surface area contributed by atoms with Crippen LogP contribution in [-0.2, 0) is 6.54 Å². The van der Waals surface area contributed by atoms with E-state index in [1.165, 1.54) is 0 Å². The van der Waals surface area contributed by atoms with Crippen LogP contribution in [0.15, 0.2) is 35.1 Å². The number of amides is 2. The van der Waals surface area contributed by atoms with Crippen LogP contribution >= 0.6 is 0 Å². The van der Waals surface area contributed by atoms with Crippen molar-refractivity contribution in [3.63, 3.8) is 0 Å². The lowest BCUT2D eigenvalue weighted by Crippen LogP contribution is -2.51. The molecule has 1 saturated heterocycles. The molecule has 3 heterocycles. The molecule has 0 unspecified atom stereocenters. The van der Waals surface area contributed by atoms with E-state index in [4.69, 9.17) is 4.52 Å². The van der Waals surface area contributed by atoms with Crippen LogP contribution < -0.4 is 5.32 Å². The molecule has 0 radical (unpaired) electrons. The minimum absolute atomic E-state index is 0.0247. The zero-order chi connectivity index (χ0) is 16.9. The third-order valence-electron chi connectivity index (χ3n) is 4.25. The smallest absolute Gasteiger partial charge is 0.317 e. The second kappa shape index (κ2) is 7.44. The lowest BCUT2D eigenvalue weighted by atomic mass is 10.1. The van der Waals surface area contributed by atoms with Gasteiger partial charge in [0.15, 0.2) is 0 Å². The first-order chi connectivity index (χ1) is 11.6. The molecule has 1 N–H and O–H groups in total. The van der Waals surface area contributed by atoms with Crippen LogP contribution in [0.3, 0.4) is 0 Å². The van der Waals surface area contributed by atoms with Gasteiger partial charge in [-0.25, -0.2) is 4.79 Å². The Morgan fingerprint density at radius 1 is 1.38 bits per heavy atom. The van der Waals surface area contributed by atoms with E-state index < -0.39 is 0 Å². The first-order valence-electron chi connectivity index (χ1n) is 8.22. The number of aryl methyl sites for hydroxylation is 1. The van der Waals surface area contributed by atoms with Gasteiger partial charge in [0, 0.05) is 51.2 Å². The first kappa shape index (κ1) is 16.4. The summed E-state index contributed by atoms with van der Waals surface area (Å²) >= 11 is 0. The minimum atomic E-state index is -0.0534. The summed E-state index contributed by atoms with van der Waals surface area (Å²) in [5, 5.41) is 7.06. The molecule has 0 saturated carbocycles. The Hall–Kier alpha value is -2.41. The highest BCUT2D eigenvalue weighted by atomic mass is 16.5. The van der Waals surface area contributed by atoms with Crippen LogP contribution in [-0.4, -0.2) is 52.2 Å². The van der Waals surface area contributed by atoms with Crippen molar-refractivity contribution in [2.75, 3.05) is 26.2 Å². The summed E-state index contributed by atoms with van der Waals surface area (Å²) < 4.78 is 5.09. The fraction of sp³-hybridized carbons (Fsp3) is 0.471. The zero-order valence-corrected chi connectivity index (χ0v) is 14.1. The fourth-order valence-corrected chi connectivity index (χ4v) is 2.82. The number of hydrogen-bond donors (Lipinski definition) is 1. The molecule has 24 heavy (non-hydrogen) atoms. The SMILES string of the molecule is Cc1cc(CN2CCN(C(=O)N[C@@H](C)c3cccnc3)CC2)no1. The fourth-order valence-electron chi connectivity index (χ4n) is 2.82. The normalized spacial score (nSPS) is 16.8. The van der Waals surface area contributed by atoms with Gasteiger partial charge in [-0.2, -0.15) is 0 Å². The Bertz CT molecular complexity index is 665. The molecule has 3 rings (SSSR count). The van der Waals surface area contributed by atoms with Gasteiger partial charge in [-0.1, -0.05) is 11.2 Å². The van der Waals surface area contributed by atoms with E-state index in [-0.39, 0.29) is 12.1 Å². The van der Waals surface area contributed by atoms with Gasteiger partial charge >= 0.3 is 6.03 Å². The maximum Gasteiger partial charge on any atom is 0.317 e. The Kier molecular flexibility index (Phi) is 5.10. The lowest BCUT2D eigenvalue weighted by Gasteiger charge is -2.34. The zero-order valence-electron chi connectivity index (χ0n) is 14.1. The molecular weight excluding hydrogens is 306 g/mol. The Balaban J connectivity index is 1.46. The number of hydrogen-bond acceptors (Lipinski definition) is 5. The van der Waals surface area contributed by atoms with Crippen LogP contribution in [0.25, 0.3) is 0 Å². The standard InChI is InChI=1S/C17H23N5O2/c1-13-10-16(20-24-13)12-21-6-8-22(9-7-21)17(23)19-14(2)15-4-3-5-18-11-15/h3-5,10-11,14H,6-9,12H2,1-2H3,(H,19,23)/t14-/m0/s1. The molecule has 2 amide bonds. The topological polar surface area (TPSA) is 74.5 Å². The highest BCUT2D eigenvalue weighted by molar-refractivity contribution is 5.74. The predicted octanol–water partition coefficient (Wildman–Crippen LogP) is 1.97. The van der Waals surface area contributed by atoms with E-state index in [0.717, 1.165) is 36.7 Å². The van der Waals surface area contributed by atoms with Crippen molar-refractivity contribution in [2.24, 2.45) is 0 Å². The number of piperazine rings is 1. The predicted molar refractivity (Wildman–Crippen MR) is 89.3 cm³/mol. The molecule has 1 atom stereocenters. The van der Waals surface area contributed by atoms with E-state index in [2.05, 4.69) is 20.4 Å². The molecule has 2 aromatic heterocycles. The molecule has 0 spiro atoms.